The number of benzene rings is 1. The molecule has 108 valence electrons. The minimum absolute atomic E-state index is 0.275. The highest BCUT2D eigenvalue weighted by Crippen LogP contribution is 2.32. The van der Waals surface area contributed by atoms with E-state index < -0.39 is 0 Å². The maximum absolute atomic E-state index is 13.6. The Hall–Kier alpha value is -0.720. The molecule has 1 aliphatic rings. The summed E-state index contributed by atoms with van der Waals surface area (Å²) in [4.78, 5) is 3.10. The monoisotopic (exact) mass is 358 g/mol. The van der Waals surface area contributed by atoms with Crippen molar-refractivity contribution in [3.63, 3.8) is 0 Å². The van der Waals surface area contributed by atoms with Gasteiger partial charge in [-0.15, -0.1) is 0 Å². The van der Waals surface area contributed by atoms with Crippen molar-refractivity contribution in [1.29, 1.82) is 0 Å². The van der Waals surface area contributed by atoms with Crippen molar-refractivity contribution in [3.05, 3.63) is 27.2 Å². The van der Waals surface area contributed by atoms with E-state index in [4.69, 9.17) is 17.0 Å². The van der Waals surface area contributed by atoms with Gasteiger partial charge >= 0.3 is 0 Å². The SMILES string of the molecule is CC(C1CCOCC1)n1c(=S)[nH]c2cc(F)c(Br)cc21. The first-order valence-corrected chi connectivity index (χ1v) is 7.95. The zero-order valence-electron chi connectivity index (χ0n) is 11.2. The van der Waals surface area contributed by atoms with Crippen LogP contribution in [0.25, 0.3) is 11.0 Å². The van der Waals surface area contributed by atoms with E-state index in [1.807, 2.05) is 0 Å². The van der Waals surface area contributed by atoms with Gasteiger partial charge in [0.05, 0.1) is 15.5 Å². The third-order valence-corrected chi connectivity index (χ3v) is 5.02. The van der Waals surface area contributed by atoms with Crippen molar-refractivity contribution in [2.75, 3.05) is 13.2 Å². The summed E-state index contributed by atoms with van der Waals surface area (Å²) in [5.41, 5.74) is 1.69. The average Bonchev–Trinajstić information content (AvgIpc) is 2.75. The van der Waals surface area contributed by atoms with E-state index in [9.17, 15) is 4.39 Å². The number of aromatic amines is 1. The third-order valence-electron chi connectivity index (χ3n) is 4.11. The average molecular weight is 359 g/mol. The lowest BCUT2D eigenvalue weighted by Gasteiger charge is -2.29. The summed E-state index contributed by atoms with van der Waals surface area (Å²) in [5, 5.41) is 0. The molecule has 1 N–H and O–H groups in total. The Labute approximate surface area is 130 Å². The van der Waals surface area contributed by atoms with E-state index in [1.54, 1.807) is 6.07 Å². The number of ether oxygens (including phenoxy) is 1. The van der Waals surface area contributed by atoms with Gasteiger partial charge in [0.2, 0.25) is 0 Å². The molecule has 1 aromatic carbocycles. The molecule has 1 fully saturated rings. The fourth-order valence-corrected chi connectivity index (χ4v) is 3.64. The lowest BCUT2D eigenvalue weighted by atomic mass is 9.92. The van der Waals surface area contributed by atoms with Crippen LogP contribution in [0.1, 0.15) is 25.8 Å². The number of hydrogen-bond donors (Lipinski definition) is 1. The highest BCUT2D eigenvalue weighted by Gasteiger charge is 2.24. The van der Waals surface area contributed by atoms with E-state index in [1.165, 1.54) is 6.07 Å². The van der Waals surface area contributed by atoms with Crippen molar-refractivity contribution in [2.45, 2.75) is 25.8 Å². The van der Waals surface area contributed by atoms with Gasteiger partial charge in [-0.25, -0.2) is 4.39 Å². The number of imidazole rings is 1. The Morgan fingerprint density at radius 1 is 1.45 bits per heavy atom. The van der Waals surface area contributed by atoms with Gasteiger partial charge in [-0.2, -0.15) is 0 Å². The lowest BCUT2D eigenvalue weighted by molar-refractivity contribution is 0.0517. The van der Waals surface area contributed by atoms with Crippen LogP contribution in [0.4, 0.5) is 4.39 Å². The number of fused-ring (bicyclic) bond motifs is 1. The molecule has 2 heterocycles. The molecule has 3 rings (SSSR count). The molecule has 1 unspecified atom stereocenters. The third kappa shape index (κ3) is 2.44. The zero-order valence-corrected chi connectivity index (χ0v) is 13.6. The van der Waals surface area contributed by atoms with Crippen LogP contribution in [0, 0.1) is 16.5 Å². The Bertz CT molecular complexity index is 690. The summed E-state index contributed by atoms with van der Waals surface area (Å²) in [6.07, 6.45) is 2.08. The molecule has 0 amide bonds. The largest absolute Gasteiger partial charge is 0.381 e. The molecular formula is C14H16BrFN2OS. The topological polar surface area (TPSA) is 29.9 Å². The number of halogens is 2. The van der Waals surface area contributed by atoms with Crippen LogP contribution < -0.4 is 0 Å². The van der Waals surface area contributed by atoms with Crippen LogP contribution in [0.15, 0.2) is 16.6 Å². The molecule has 1 atom stereocenters. The quantitative estimate of drug-likeness (QED) is 0.795. The predicted octanol–water partition coefficient (Wildman–Crippen LogP) is 4.59. The minimum Gasteiger partial charge on any atom is -0.381 e. The first-order valence-electron chi connectivity index (χ1n) is 6.75. The normalized spacial score (nSPS) is 18.6. The minimum atomic E-state index is -0.278. The van der Waals surface area contributed by atoms with Gasteiger partial charge in [0.25, 0.3) is 0 Å². The summed E-state index contributed by atoms with van der Waals surface area (Å²) < 4.78 is 22.3. The fourth-order valence-electron chi connectivity index (χ4n) is 2.93. The molecule has 0 radical (unpaired) electrons. The fraction of sp³-hybridized carbons (Fsp3) is 0.500. The lowest BCUT2D eigenvalue weighted by Crippen LogP contribution is -2.24. The zero-order chi connectivity index (χ0) is 14.3. The van der Waals surface area contributed by atoms with Gasteiger partial charge in [-0.1, -0.05) is 0 Å². The molecule has 1 aliphatic heterocycles. The molecule has 20 heavy (non-hydrogen) atoms. The Kier molecular flexibility index (Phi) is 3.97. The molecule has 3 nitrogen and oxygen atoms in total. The second-order valence-corrected chi connectivity index (χ2v) is 6.52. The molecule has 6 heteroatoms. The number of nitrogens with one attached hydrogen (secondary N) is 1. The van der Waals surface area contributed by atoms with Crippen molar-refractivity contribution in [2.24, 2.45) is 5.92 Å². The van der Waals surface area contributed by atoms with Crippen LogP contribution in [0.5, 0.6) is 0 Å². The maximum atomic E-state index is 13.6. The van der Waals surface area contributed by atoms with Crippen LogP contribution in [-0.4, -0.2) is 22.8 Å². The first-order chi connectivity index (χ1) is 9.58. The van der Waals surface area contributed by atoms with E-state index in [2.05, 4.69) is 32.4 Å². The van der Waals surface area contributed by atoms with Crippen molar-refractivity contribution in [1.82, 2.24) is 9.55 Å². The standard InChI is InChI=1S/C14H16BrFN2OS/c1-8(9-2-4-19-5-3-9)18-13-6-10(15)11(16)7-12(13)17-14(18)20/h6-9H,2-5H2,1H3,(H,17,20). The number of H-pyrrole nitrogens is 1. The van der Waals surface area contributed by atoms with Crippen LogP contribution in [0.2, 0.25) is 0 Å². The number of aromatic nitrogens is 2. The van der Waals surface area contributed by atoms with Gasteiger partial charge in [-0.05, 0) is 59.9 Å². The molecule has 0 saturated carbocycles. The second-order valence-electron chi connectivity index (χ2n) is 5.27. The van der Waals surface area contributed by atoms with Gasteiger partial charge < -0.3 is 14.3 Å². The smallest absolute Gasteiger partial charge is 0.178 e. The molecule has 1 saturated heterocycles. The molecular weight excluding hydrogens is 343 g/mol. The van der Waals surface area contributed by atoms with Crippen LogP contribution in [0.3, 0.4) is 0 Å². The van der Waals surface area contributed by atoms with Gasteiger partial charge in [0.1, 0.15) is 5.82 Å². The van der Waals surface area contributed by atoms with E-state index in [0.717, 1.165) is 37.1 Å². The Morgan fingerprint density at radius 2 is 2.15 bits per heavy atom. The molecule has 2 aromatic rings. The second kappa shape index (κ2) is 5.58. The van der Waals surface area contributed by atoms with Crippen LogP contribution >= 0.6 is 28.1 Å². The van der Waals surface area contributed by atoms with E-state index in [-0.39, 0.29) is 11.9 Å². The molecule has 0 bridgehead atoms. The summed E-state index contributed by atoms with van der Waals surface area (Å²) in [6, 6.07) is 3.56. The first kappa shape index (κ1) is 14.2. The van der Waals surface area contributed by atoms with Gasteiger partial charge in [0.15, 0.2) is 4.77 Å². The molecule has 0 aliphatic carbocycles. The molecule has 0 spiro atoms. The van der Waals surface area contributed by atoms with E-state index >= 15 is 0 Å². The van der Waals surface area contributed by atoms with Crippen LogP contribution in [-0.2, 0) is 4.74 Å². The number of hydrogen-bond acceptors (Lipinski definition) is 2. The van der Waals surface area contributed by atoms with Crippen molar-refractivity contribution < 1.29 is 9.13 Å². The highest BCUT2D eigenvalue weighted by atomic mass is 79.9. The van der Waals surface area contributed by atoms with Gasteiger partial charge in [-0.3, -0.25) is 0 Å². The predicted molar refractivity (Wildman–Crippen MR) is 83.0 cm³/mol. The maximum Gasteiger partial charge on any atom is 0.178 e. The number of rotatable bonds is 2. The van der Waals surface area contributed by atoms with Crippen molar-refractivity contribution >= 4 is 39.2 Å². The summed E-state index contributed by atoms with van der Waals surface area (Å²) in [5.74, 6) is 0.262. The van der Waals surface area contributed by atoms with Crippen molar-refractivity contribution in [3.8, 4) is 0 Å². The number of nitrogens with zero attached hydrogens (tertiary/aromatic N) is 1. The highest BCUT2D eigenvalue weighted by molar-refractivity contribution is 9.10. The van der Waals surface area contributed by atoms with E-state index in [0.29, 0.717) is 15.2 Å². The molecule has 1 aromatic heterocycles. The summed E-state index contributed by atoms with van der Waals surface area (Å²) in [6.45, 7) is 3.79. The van der Waals surface area contributed by atoms with Gasteiger partial charge in [0, 0.05) is 25.3 Å². The summed E-state index contributed by atoms with van der Waals surface area (Å²) in [7, 11) is 0. The Morgan fingerprint density at radius 3 is 2.85 bits per heavy atom. The Balaban J connectivity index is 2.08. The summed E-state index contributed by atoms with van der Waals surface area (Å²) >= 11 is 8.67.